The fourth-order valence-corrected chi connectivity index (χ4v) is 4.05. The summed E-state index contributed by atoms with van der Waals surface area (Å²) in [6.07, 6.45) is 1.87. The highest BCUT2D eigenvalue weighted by atomic mass is 16.6. The summed E-state index contributed by atoms with van der Waals surface area (Å²) in [4.78, 5) is 25.5. The van der Waals surface area contributed by atoms with E-state index in [0.29, 0.717) is 11.3 Å². The van der Waals surface area contributed by atoms with Gasteiger partial charge in [0.1, 0.15) is 18.3 Å². The van der Waals surface area contributed by atoms with E-state index >= 15 is 0 Å². The van der Waals surface area contributed by atoms with Gasteiger partial charge in [0.05, 0.1) is 30.1 Å². The molecule has 0 bridgehead atoms. The van der Waals surface area contributed by atoms with Gasteiger partial charge in [-0.1, -0.05) is 24.8 Å². The first-order valence-corrected chi connectivity index (χ1v) is 11.7. The van der Waals surface area contributed by atoms with Crippen molar-refractivity contribution in [3.8, 4) is 22.7 Å². The lowest BCUT2D eigenvalue weighted by Crippen LogP contribution is -2.51. The van der Waals surface area contributed by atoms with E-state index in [1.54, 1.807) is 4.68 Å². The molecule has 36 heavy (non-hydrogen) atoms. The Balaban J connectivity index is 1.78. The van der Waals surface area contributed by atoms with Crippen molar-refractivity contribution < 1.29 is 23.8 Å². The lowest BCUT2D eigenvalue weighted by atomic mass is 9.88. The molecular formula is C27H30N4O5. The third-order valence-electron chi connectivity index (χ3n) is 5.65. The maximum absolute atomic E-state index is 13.1. The topological polar surface area (TPSA) is 104 Å². The number of carbonyl (C=O) groups excluding carboxylic acids is 2. The van der Waals surface area contributed by atoms with Crippen molar-refractivity contribution in [3.63, 3.8) is 0 Å². The second kappa shape index (κ2) is 11.1. The predicted octanol–water partition coefficient (Wildman–Crippen LogP) is 4.00. The Hall–Kier alpha value is -4.11. The number of ether oxygens (including phenoxy) is 3. The van der Waals surface area contributed by atoms with Crippen LogP contribution in [0, 0.1) is 5.92 Å². The highest BCUT2D eigenvalue weighted by Gasteiger charge is 2.41. The molecule has 2 atom stereocenters. The first kappa shape index (κ1) is 25.0. The molecule has 0 spiro atoms. The molecule has 2 aromatic carbocycles. The van der Waals surface area contributed by atoms with Crippen LogP contribution in [0.25, 0.3) is 16.9 Å². The van der Waals surface area contributed by atoms with Crippen LogP contribution in [0.15, 0.2) is 73.1 Å². The summed E-state index contributed by atoms with van der Waals surface area (Å²) in [5.41, 5.74) is 3.17. The monoisotopic (exact) mass is 490 g/mol. The van der Waals surface area contributed by atoms with E-state index in [9.17, 15) is 9.59 Å². The minimum absolute atomic E-state index is 0.0459. The van der Waals surface area contributed by atoms with Crippen molar-refractivity contribution >= 4 is 12.0 Å². The van der Waals surface area contributed by atoms with Crippen molar-refractivity contribution in [2.24, 2.45) is 5.92 Å². The molecule has 2 heterocycles. The van der Waals surface area contributed by atoms with Gasteiger partial charge in [-0.3, -0.25) is 4.79 Å². The Labute approximate surface area is 210 Å². The Kier molecular flexibility index (Phi) is 7.70. The minimum atomic E-state index is -0.865. The molecule has 9 heteroatoms. The summed E-state index contributed by atoms with van der Waals surface area (Å²) in [5, 5.41) is 10.3. The molecule has 1 aromatic heterocycles. The molecule has 188 valence electrons. The van der Waals surface area contributed by atoms with Crippen LogP contribution in [0.4, 0.5) is 4.79 Å². The molecule has 1 saturated heterocycles. The van der Waals surface area contributed by atoms with Gasteiger partial charge in [0.25, 0.3) is 0 Å². The van der Waals surface area contributed by atoms with Gasteiger partial charge in [0, 0.05) is 30.1 Å². The zero-order valence-electron chi connectivity index (χ0n) is 20.6. The maximum Gasteiger partial charge on any atom is 0.319 e. The third kappa shape index (κ3) is 5.58. The van der Waals surface area contributed by atoms with Crippen LogP contribution in [0.2, 0.25) is 0 Å². The lowest BCUT2D eigenvalue weighted by Gasteiger charge is -2.33. The SMILES string of the molecule is C=C1NC(=O)N[C@@H](c2cn(-c3ccccc3)nc2-c2ccc(OC(C)C)cc2)[C@@H]1C(=O)OCCOC. The lowest BCUT2D eigenvalue weighted by molar-refractivity contribution is -0.149. The van der Waals surface area contributed by atoms with Crippen LogP contribution < -0.4 is 15.4 Å². The first-order chi connectivity index (χ1) is 17.4. The molecule has 1 aliphatic heterocycles. The summed E-state index contributed by atoms with van der Waals surface area (Å²) in [6.45, 7) is 8.21. The average molecular weight is 491 g/mol. The van der Waals surface area contributed by atoms with E-state index in [-0.39, 0.29) is 25.0 Å². The van der Waals surface area contributed by atoms with Crippen LogP contribution in [-0.4, -0.2) is 48.2 Å². The van der Waals surface area contributed by atoms with Gasteiger partial charge in [0.2, 0.25) is 0 Å². The van der Waals surface area contributed by atoms with Gasteiger partial charge in [-0.15, -0.1) is 0 Å². The predicted molar refractivity (Wildman–Crippen MR) is 135 cm³/mol. The molecule has 0 aliphatic carbocycles. The summed E-state index contributed by atoms with van der Waals surface area (Å²) >= 11 is 0. The molecular weight excluding hydrogens is 460 g/mol. The molecule has 0 radical (unpaired) electrons. The largest absolute Gasteiger partial charge is 0.491 e. The van der Waals surface area contributed by atoms with Crippen molar-refractivity contribution in [2.75, 3.05) is 20.3 Å². The Bertz CT molecular complexity index is 1220. The van der Waals surface area contributed by atoms with Crippen molar-refractivity contribution in [1.82, 2.24) is 20.4 Å². The number of para-hydroxylation sites is 1. The quantitative estimate of drug-likeness (QED) is 0.347. The number of amides is 2. The number of aromatic nitrogens is 2. The zero-order chi connectivity index (χ0) is 25.7. The Morgan fingerprint density at radius 2 is 1.83 bits per heavy atom. The summed E-state index contributed by atoms with van der Waals surface area (Å²) in [6, 6.07) is 16.0. The summed E-state index contributed by atoms with van der Waals surface area (Å²) in [7, 11) is 1.53. The number of rotatable bonds is 9. The molecule has 2 amide bonds. The first-order valence-electron chi connectivity index (χ1n) is 11.7. The number of benzene rings is 2. The Morgan fingerprint density at radius 1 is 1.11 bits per heavy atom. The van der Waals surface area contributed by atoms with Crippen molar-refractivity contribution in [1.29, 1.82) is 0 Å². The highest BCUT2D eigenvalue weighted by Crippen LogP contribution is 2.37. The van der Waals surface area contributed by atoms with E-state index in [1.807, 2.05) is 74.6 Å². The number of urea groups is 1. The van der Waals surface area contributed by atoms with Crippen LogP contribution in [-0.2, 0) is 14.3 Å². The normalized spacial score (nSPS) is 17.4. The van der Waals surface area contributed by atoms with Crippen LogP contribution in [0.1, 0.15) is 25.5 Å². The number of nitrogens with one attached hydrogen (secondary N) is 2. The van der Waals surface area contributed by atoms with Gasteiger partial charge in [-0.05, 0) is 50.2 Å². The van der Waals surface area contributed by atoms with E-state index in [4.69, 9.17) is 19.3 Å². The molecule has 2 N–H and O–H groups in total. The number of esters is 1. The molecule has 3 aromatic rings. The number of nitrogens with zero attached hydrogens (tertiary/aromatic N) is 2. The third-order valence-corrected chi connectivity index (χ3v) is 5.65. The smallest absolute Gasteiger partial charge is 0.319 e. The minimum Gasteiger partial charge on any atom is -0.491 e. The number of methoxy groups -OCH3 is 1. The summed E-state index contributed by atoms with van der Waals surface area (Å²) in [5.74, 6) is -0.648. The van der Waals surface area contributed by atoms with E-state index in [1.165, 1.54) is 7.11 Å². The van der Waals surface area contributed by atoms with Crippen molar-refractivity contribution in [2.45, 2.75) is 26.0 Å². The average Bonchev–Trinajstić information content (AvgIpc) is 3.30. The molecule has 1 aliphatic rings. The second-order valence-corrected chi connectivity index (χ2v) is 8.64. The molecule has 9 nitrogen and oxygen atoms in total. The van der Waals surface area contributed by atoms with E-state index in [0.717, 1.165) is 17.0 Å². The van der Waals surface area contributed by atoms with E-state index < -0.39 is 24.0 Å². The zero-order valence-corrected chi connectivity index (χ0v) is 20.6. The fraction of sp³-hybridized carbons (Fsp3) is 0.296. The molecule has 0 saturated carbocycles. The molecule has 1 fully saturated rings. The highest BCUT2D eigenvalue weighted by molar-refractivity contribution is 5.86. The second-order valence-electron chi connectivity index (χ2n) is 8.64. The van der Waals surface area contributed by atoms with Gasteiger partial charge >= 0.3 is 12.0 Å². The number of carbonyl (C=O) groups is 2. The standard InChI is InChI=1S/C27H30N4O5/c1-17(2)36-21-12-10-19(11-13-21)24-22(16-31(30-24)20-8-6-5-7-9-20)25-23(18(3)28-27(33)29-25)26(32)35-15-14-34-4/h5-13,16-17,23,25H,3,14-15H2,1-2,4H3,(H2,28,29,33)/t23-,25+/m1/s1. The molecule has 0 unspecified atom stereocenters. The van der Waals surface area contributed by atoms with E-state index in [2.05, 4.69) is 17.2 Å². The number of hydrogen-bond acceptors (Lipinski definition) is 6. The van der Waals surface area contributed by atoms with Gasteiger partial charge in [-0.2, -0.15) is 5.10 Å². The van der Waals surface area contributed by atoms with Gasteiger partial charge in [0.15, 0.2) is 0 Å². The number of hydrogen-bond donors (Lipinski definition) is 2. The van der Waals surface area contributed by atoms with Gasteiger partial charge in [-0.25, -0.2) is 9.48 Å². The Morgan fingerprint density at radius 3 is 2.50 bits per heavy atom. The summed E-state index contributed by atoms with van der Waals surface area (Å²) < 4.78 is 17.9. The molecule has 4 rings (SSSR count). The van der Waals surface area contributed by atoms with Crippen molar-refractivity contribution in [3.05, 3.63) is 78.6 Å². The van der Waals surface area contributed by atoms with Gasteiger partial charge < -0.3 is 24.8 Å². The van der Waals surface area contributed by atoms with Crippen LogP contribution in [0.5, 0.6) is 5.75 Å². The van der Waals surface area contributed by atoms with Crippen LogP contribution >= 0.6 is 0 Å². The van der Waals surface area contributed by atoms with Crippen LogP contribution in [0.3, 0.4) is 0 Å². The maximum atomic E-state index is 13.1. The fourth-order valence-electron chi connectivity index (χ4n) is 4.05.